The highest BCUT2D eigenvalue weighted by atomic mass is 16.5. The number of carbonyl (C=O) groups excluding carboxylic acids is 2. The molecule has 1 aromatic carbocycles. The number of esters is 1. The Bertz CT molecular complexity index is 815. The Kier molecular flexibility index (Phi) is 10.00. The van der Waals surface area contributed by atoms with Crippen LogP contribution < -0.4 is 0 Å². The third kappa shape index (κ3) is 6.61. The Balaban J connectivity index is 2.04. The molecule has 0 aromatic heterocycles. The number of rotatable bonds is 10. The van der Waals surface area contributed by atoms with E-state index in [-0.39, 0.29) is 11.9 Å². The Morgan fingerprint density at radius 3 is 2.00 bits per heavy atom. The molecular formula is C29H47NO3. The van der Waals surface area contributed by atoms with Gasteiger partial charge in [-0.2, -0.15) is 0 Å². The number of hydrogen-bond acceptors (Lipinski definition) is 3. The lowest BCUT2D eigenvalue weighted by atomic mass is 9.77. The van der Waals surface area contributed by atoms with E-state index in [9.17, 15) is 9.59 Å². The zero-order valence-corrected chi connectivity index (χ0v) is 22.6. The van der Waals surface area contributed by atoms with Crippen LogP contribution in [0.15, 0.2) is 0 Å². The smallest absolute Gasteiger partial charge is 0.305 e. The average Bonchev–Trinajstić information content (AvgIpc) is 3.13. The van der Waals surface area contributed by atoms with Gasteiger partial charge in [0.15, 0.2) is 0 Å². The molecule has 4 heteroatoms. The number of hydrogen-bond donors (Lipinski definition) is 0. The summed E-state index contributed by atoms with van der Waals surface area (Å²) < 4.78 is 4.83. The molecule has 0 aliphatic heterocycles. The molecule has 4 nitrogen and oxygen atoms in total. The summed E-state index contributed by atoms with van der Waals surface area (Å²) in [6.45, 7) is 16.3. The first kappa shape index (κ1) is 27.4. The zero-order valence-electron chi connectivity index (χ0n) is 22.6. The normalized spacial score (nSPS) is 21.2. The summed E-state index contributed by atoms with van der Waals surface area (Å²) in [5.41, 5.74) is 7.94. The third-order valence-electron chi connectivity index (χ3n) is 9.02. The molecule has 0 N–H and O–H groups in total. The van der Waals surface area contributed by atoms with Crippen LogP contribution in [0.4, 0.5) is 0 Å². The fourth-order valence-corrected chi connectivity index (χ4v) is 5.89. The van der Waals surface area contributed by atoms with Gasteiger partial charge >= 0.3 is 5.97 Å². The minimum absolute atomic E-state index is 0.133. The first-order valence-electron chi connectivity index (χ1n) is 12.9. The first-order valence-corrected chi connectivity index (χ1v) is 12.9. The van der Waals surface area contributed by atoms with E-state index >= 15 is 0 Å². The lowest BCUT2D eigenvalue weighted by Crippen LogP contribution is -2.29. The van der Waals surface area contributed by atoms with Gasteiger partial charge in [-0.1, -0.05) is 20.3 Å². The highest BCUT2D eigenvalue weighted by Gasteiger charge is 2.35. The maximum Gasteiger partial charge on any atom is 0.305 e. The van der Waals surface area contributed by atoms with Crippen molar-refractivity contribution >= 4 is 11.9 Å². The Morgan fingerprint density at radius 2 is 1.48 bits per heavy atom. The molecule has 0 heterocycles. The van der Waals surface area contributed by atoms with Gasteiger partial charge in [0.1, 0.15) is 0 Å². The number of amides is 1. The Hall–Kier alpha value is -1.84. The van der Waals surface area contributed by atoms with Gasteiger partial charge in [-0.15, -0.1) is 0 Å². The molecule has 33 heavy (non-hydrogen) atoms. The fourth-order valence-electron chi connectivity index (χ4n) is 5.89. The number of ether oxygens (including phenoxy) is 1. The van der Waals surface area contributed by atoms with Gasteiger partial charge in [-0.3, -0.25) is 9.59 Å². The topological polar surface area (TPSA) is 46.6 Å². The van der Waals surface area contributed by atoms with E-state index in [1.54, 1.807) is 0 Å². The standard InChI is InChI=1S/C29H47NO3/c1-18-13-15-26(19(18)2)25(11-10-12-29(32)33-9)14-16-28(31)30(8)17-27-23(6)21(4)20(3)22(5)24(27)7/h18-19,25-26H,10-17H2,1-9H3/t18-,19-,25+,26+/m1/s1. The van der Waals surface area contributed by atoms with Crippen LogP contribution in [0.3, 0.4) is 0 Å². The van der Waals surface area contributed by atoms with E-state index in [1.165, 1.54) is 53.3 Å². The third-order valence-corrected chi connectivity index (χ3v) is 9.02. The van der Waals surface area contributed by atoms with Crippen molar-refractivity contribution in [2.24, 2.45) is 23.7 Å². The summed E-state index contributed by atoms with van der Waals surface area (Å²) in [7, 11) is 3.40. The molecule has 0 saturated heterocycles. The molecule has 1 aliphatic rings. The predicted octanol–water partition coefficient (Wildman–Crippen LogP) is 6.61. The van der Waals surface area contributed by atoms with E-state index in [4.69, 9.17) is 4.74 Å². The molecule has 2 rings (SSSR count). The number of carbonyl (C=O) groups is 2. The fraction of sp³-hybridized carbons (Fsp3) is 0.724. The molecule has 1 amide bonds. The lowest BCUT2D eigenvalue weighted by Gasteiger charge is -2.29. The quantitative estimate of drug-likeness (QED) is 0.371. The number of nitrogens with zero attached hydrogens (tertiary/aromatic N) is 1. The molecule has 0 spiro atoms. The SMILES string of the molecule is COC(=O)CCC[C@@H](CCC(=O)N(C)Cc1c(C)c(C)c(C)c(C)c1C)[C@H]1CC[C@@H](C)[C@H]1C. The summed E-state index contributed by atoms with van der Waals surface area (Å²) >= 11 is 0. The van der Waals surface area contributed by atoms with Crippen LogP contribution in [-0.4, -0.2) is 30.9 Å². The van der Waals surface area contributed by atoms with Crippen molar-refractivity contribution in [3.8, 4) is 0 Å². The molecule has 1 aliphatic carbocycles. The van der Waals surface area contributed by atoms with Crippen molar-refractivity contribution < 1.29 is 14.3 Å². The molecule has 186 valence electrons. The van der Waals surface area contributed by atoms with Crippen LogP contribution in [0.5, 0.6) is 0 Å². The van der Waals surface area contributed by atoms with Crippen LogP contribution in [0.2, 0.25) is 0 Å². The molecule has 0 radical (unpaired) electrons. The van der Waals surface area contributed by atoms with E-state index in [1.807, 2.05) is 11.9 Å². The van der Waals surface area contributed by atoms with Crippen molar-refractivity contribution in [1.82, 2.24) is 4.90 Å². The van der Waals surface area contributed by atoms with Crippen LogP contribution >= 0.6 is 0 Å². The second kappa shape index (κ2) is 12.0. The van der Waals surface area contributed by atoms with Crippen molar-refractivity contribution in [3.05, 3.63) is 33.4 Å². The minimum atomic E-state index is -0.133. The van der Waals surface area contributed by atoms with Crippen molar-refractivity contribution in [2.75, 3.05) is 14.2 Å². The molecule has 0 bridgehead atoms. The van der Waals surface area contributed by atoms with Gasteiger partial charge in [0.25, 0.3) is 0 Å². The highest BCUT2D eigenvalue weighted by molar-refractivity contribution is 5.76. The summed E-state index contributed by atoms with van der Waals surface area (Å²) in [5.74, 6) is 2.68. The summed E-state index contributed by atoms with van der Waals surface area (Å²) in [6, 6.07) is 0. The molecule has 4 atom stereocenters. The largest absolute Gasteiger partial charge is 0.469 e. The Labute approximate surface area is 202 Å². The Morgan fingerprint density at radius 1 is 0.909 bits per heavy atom. The summed E-state index contributed by atoms with van der Waals surface area (Å²) in [5, 5.41) is 0. The molecular weight excluding hydrogens is 410 g/mol. The number of benzene rings is 1. The number of methoxy groups -OCH3 is 1. The van der Waals surface area contributed by atoms with Crippen molar-refractivity contribution in [1.29, 1.82) is 0 Å². The molecule has 0 unspecified atom stereocenters. The second-order valence-electron chi connectivity index (χ2n) is 10.7. The van der Waals surface area contributed by atoms with Gasteiger partial charge < -0.3 is 9.64 Å². The second-order valence-corrected chi connectivity index (χ2v) is 10.7. The van der Waals surface area contributed by atoms with Crippen molar-refractivity contribution in [2.45, 2.75) is 100.0 Å². The van der Waals surface area contributed by atoms with Crippen molar-refractivity contribution in [3.63, 3.8) is 0 Å². The average molecular weight is 458 g/mol. The maximum atomic E-state index is 13.2. The van der Waals surface area contributed by atoms with Gasteiger partial charge in [0, 0.05) is 26.4 Å². The van der Waals surface area contributed by atoms with E-state index in [2.05, 4.69) is 48.5 Å². The summed E-state index contributed by atoms with van der Waals surface area (Å²) in [4.78, 5) is 26.7. The zero-order chi connectivity index (χ0) is 24.9. The molecule has 1 fully saturated rings. The lowest BCUT2D eigenvalue weighted by molar-refractivity contribution is -0.140. The van der Waals surface area contributed by atoms with E-state index in [0.717, 1.165) is 25.2 Å². The van der Waals surface area contributed by atoms with Crippen LogP contribution in [0, 0.1) is 58.3 Å². The van der Waals surface area contributed by atoms with Gasteiger partial charge in [-0.05, 0) is 117 Å². The van der Waals surface area contributed by atoms with Crippen LogP contribution in [-0.2, 0) is 20.9 Å². The molecule has 1 aromatic rings. The highest BCUT2D eigenvalue weighted by Crippen LogP contribution is 2.44. The van der Waals surface area contributed by atoms with Gasteiger partial charge in [0.2, 0.25) is 5.91 Å². The maximum absolute atomic E-state index is 13.2. The first-order chi connectivity index (χ1) is 15.5. The van der Waals surface area contributed by atoms with Gasteiger partial charge in [0.05, 0.1) is 7.11 Å². The summed E-state index contributed by atoms with van der Waals surface area (Å²) in [6.07, 6.45) is 6.34. The monoisotopic (exact) mass is 457 g/mol. The van der Waals surface area contributed by atoms with E-state index < -0.39 is 0 Å². The van der Waals surface area contributed by atoms with Crippen LogP contribution in [0.25, 0.3) is 0 Å². The minimum Gasteiger partial charge on any atom is -0.469 e. The van der Waals surface area contributed by atoms with E-state index in [0.29, 0.717) is 37.1 Å². The predicted molar refractivity (Wildman–Crippen MR) is 136 cm³/mol. The van der Waals surface area contributed by atoms with Crippen LogP contribution in [0.1, 0.15) is 92.2 Å². The van der Waals surface area contributed by atoms with Gasteiger partial charge in [-0.25, -0.2) is 0 Å². The molecule has 1 saturated carbocycles.